The van der Waals surface area contributed by atoms with E-state index in [2.05, 4.69) is 25.6 Å². The second-order valence-electron chi connectivity index (χ2n) is 5.44. The predicted octanol–water partition coefficient (Wildman–Crippen LogP) is 2.60. The summed E-state index contributed by atoms with van der Waals surface area (Å²) < 4.78 is 27.7. The van der Waals surface area contributed by atoms with E-state index in [0.717, 1.165) is 25.7 Å². The Morgan fingerprint density at radius 2 is 1.86 bits per heavy atom. The average molecular weight is 399 g/mol. The van der Waals surface area contributed by atoms with Crippen molar-refractivity contribution in [2.24, 2.45) is 5.73 Å². The van der Waals surface area contributed by atoms with Crippen LogP contribution in [0.25, 0.3) is 0 Å². The molecule has 1 aromatic heterocycles. The van der Waals surface area contributed by atoms with Gasteiger partial charge in [-0.25, -0.2) is 13.1 Å². The molecule has 0 amide bonds. The van der Waals surface area contributed by atoms with Crippen molar-refractivity contribution in [1.82, 2.24) is 9.71 Å². The van der Waals surface area contributed by atoms with Crippen LogP contribution in [0.3, 0.4) is 0 Å². The summed E-state index contributed by atoms with van der Waals surface area (Å²) in [6.45, 7) is 0.280. The molecule has 0 aromatic carbocycles. The Morgan fingerprint density at radius 1 is 1.24 bits per heavy atom. The maximum atomic E-state index is 12.2. The minimum Gasteiger partial charge on any atom is -0.324 e. The quantitative estimate of drug-likeness (QED) is 0.763. The van der Waals surface area contributed by atoms with Crippen LogP contribution in [0.5, 0.6) is 0 Å². The molecule has 1 heterocycles. The number of nitrogens with zero attached hydrogens (tertiary/aromatic N) is 1. The van der Waals surface area contributed by atoms with E-state index in [1.807, 2.05) is 0 Å². The lowest BCUT2D eigenvalue weighted by atomic mass is 9.92. The Kier molecular flexibility index (Phi) is 7.06. The van der Waals surface area contributed by atoms with Crippen molar-refractivity contribution in [1.29, 1.82) is 0 Å². The third-order valence-electron chi connectivity index (χ3n) is 3.70. The van der Waals surface area contributed by atoms with Gasteiger partial charge in [0, 0.05) is 29.0 Å². The molecule has 0 saturated heterocycles. The molecule has 2 rings (SSSR count). The molecule has 5 nitrogen and oxygen atoms in total. The maximum absolute atomic E-state index is 12.2. The zero-order valence-electron chi connectivity index (χ0n) is 11.7. The molecule has 1 saturated carbocycles. The first-order valence-electron chi connectivity index (χ1n) is 6.80. The summed E-state index contributed by atoms with van der Waals surface area (Å²) in [6.07, 6.45) is 9.12. The van der Waals surface area contributed by atoms with Crippen molar-refractivity contribution < 1.29 is 8.42 Å². The van der Waals surface area contributed by atoms with Crippen LogP contribution in [-0.2, 0) is 10.0 Å². The van der Waals surface area contributed by atoms with E-state index in [1.165, 1.54) is 25.1 Å². The molecule has 8 heteroatoms. The van der Waals surface area contributed by atoms with E-state index in [-0.39, 0.29) is 23.8 Å². The molecule has 3 N–H and O–H groups in total. The van der Waals surface area contributed by atoms with Gasteiger partial charge in [-0.2, -0.15) is 0 Å². The lowest BCUT2D eigenvalue weighted by Gasteiger charge is -2.28. The minimum atomic E-state index is -3.55. The maximum Gasteiger partial charge on any atom is 0.242 e. The molecule has 1 aliphatic carbocycles. The third kappa shape index (κ3) is 5.49. The second kappa shape index (κ2) is 7.87. The summed E-state index contributed by atoms with van der Waals surface area (Å²) in [7, 11) is -3.55. The number of aromatic nitrogens is 1. The Bertz CT molecular complexity index is 560. The second-order valence-corrected chi connectivity index (χ2v) is 8.12. The first-order chi connectivity index (χ1) is 9.41. The molecule has 0 atom stereocenters. The number of pyridine rings is 1. The van der Waals surface area contributed by atoms with Crippen LogP contribution in [0.1, 0.15) is 38.5 Å². The normalized spacial score (nSPS) is 18.6. The van der Waals surface area contributed by atoms with Crippen molar-refractivity contribution in [3.63, 3.8) is 0 Å². The highest BCUT2D eigenvalue weighted by atomic mass is 79.9. The molecule has 1 aliphatic rings. The van der Waals surface area contributed by atoms with E-state index < -0.39 is 15.6 Å². The standard InChI is InChI=1S/C13H20BrN3O2S.ClH/c14-11-7-12(9-16-8-11)20(18,19)17-10-13(15)5-3-1-2-4-6-13;/h7-9,17H,1-6,10,15H2;1H. The van der Waals surface area contributed by atoms with Crippen LogP contribution in [0.4, 0.5) is 0 Å². The van der Waals surface area contributed by atoms with Gasteiger partial charge in [-0.1, -0.05) is 25.7 Å². The average Bonchev–Trinajstić information content (AvgIpc) is 2.62. The monoisotopic (exact) mass is 397 g/mol. The van der Waals surface area contributed by atoms with Crippen molar-refractivity contribution in [2.75, 3.05) is 6.54 Å². The Hall–Kier alpha value is -0.210. The molecular weight excluding hydrogens is 378 g/mol. The van der Waals surface area contributed by atoms with E-state index in [4.69, 9.17) is 5.73 Å². The van der Waals surface area contributed by atoms with Gasteiger partial charge in [-0.3, -0.25) is 4.98 Å². The van der Waals surface area contributed by atoms with Crippen molar-refractivity contribution in [2.45, 2.75) is 49.0 Å². The smallest absolute Gasteiger partial charge is 0.242 e. The van der Waals surface area contributed by atoms with Gasteiger partial charge < -0.3 is 5.73 Å². The van der Waals surface area contributed by atoms with Crippen LogP contribution in [0.15, 0.2) is 27.8 Å². The Balaban J connectivity index is 0.00000220. The van der Waals surface area contributed by atoms with Crippen LogP contribution >= 0.6 is 28.3 Å². The number of rotatable bonds is 4. The van der Waals surface area contributed by atoms with Crippen LogP contribution < -0.4 is 10.5 Å². The molecular formula is C13H21BrClN3O2S. The first kappa shape index (κ1) is 18.8. The molecule has 1 aromatic rings. The summed E-state index contributed by atoms with van der Waals surface area (Å²) in [5.41, 5.74) is 5.89. The number of halogens is 2. The summed E-state index contributed by atoms with van der Waals surface area (Å²) >= 11 is 3.22. The summed E-state index contributed by atoms with van der Waals surface area (Å²) in [6, 6.07) is 1.53. The fourth-order valence-electron chi connectivity index (χ4n) is 2.47. The Labute approximate surface area is 140 Å². The zero-order valence-corrected chi connectivity index (χ0v) is 14.9. The molecule has 1 fully saturated rings. The molecule has 0 radical (unpaired) electrons. The Morgan fingerprint density at radius 3 is 2.43 bits per heavy atom. The van der Waals surface area contributed by atoms with Gasteiger partial charge >= 0.3 is 0 Å². The number of hydrogen-bond acceptors (Lipinski definition) is 4. The van der Waals surface area contributed by atoms with E-state index in [0.29, 0.717) is 4.47 Å². The summed E-state index contributed by atoms with van der Waals surface area (Å²) in [5.74, 6) is 0. The molecule has 0 unspecified atom stereocenters. The number of nitrogens with two attached hydrogens (primary N) is 1. The van der Waals surface area contributed by atoms with Crippen LogP contribution in [0.2, 0.25) is 0 Å². The van der Waals surface area contributed by atoms with Gasteiger partial charge in [0.2, 0.25) is 10.0 Å². The highest BCUT2D eigenvalue weighted by Crippen LogP contribution is 2.25. The van der Waals surface area contributed by atoms with E-state index in [1.54, 1.807) is 6.20 Å². The predicted molar refractivity (Wildman–Crippen MR) is 89.0 cm³/mol. The van der Waals surface area contributed by atoms with Crippen molar-refractivity contribution in [3.05, 3.63) is 22.9 Å². The van der Waals surface area contributed by atoms with E-state index in [9.17, 15) is 8.42 Å². The van der Waals surface area contributed by atoms with E-state index >= 15 is 0 Å². The molecule has 21 heavy (non-hydrogen) atoms. The molecule has 0 spiro atoms. The van der Waals surface area contributed by atoms with Gasteiger partial charge in [0.15, 0.2) is 0 Å². The third-order valence-corrected chi connectivity index (χ3v) is 5.51. The van der Waals surface area contributed by atoms with Gasteiger partial charge in [0.1, 0.15) is 4.90 Å². The minimum absolute atomic E-state index is 0. The lowest BCUT2D eigenvalue weighted by Crippen LogP contribution is -2.49. The highest BCUT2D eigenvalue weighted by molar-refractivity contribution is 9.10. The highest BCUT2D eigenvalue weighted by Gasteiger charge is 2.28. The van der Waals surface area contributed by atoms with Crippen molar-refractivity contribution in [3.8, 4) is 0 Å². The largest absolute Gasteiger partial charge is 0.324 e. The number of nitrogens with one attached hydrogen (secondary N) is 1. The first-order valence-corrected chi connectivity index (χ1v) is 9.08. The van der Waals surface area contributed by atoms with Crippen molar-refractivity contribution >= 4 is 38.4 Å². The summed E-state index contributed by atoms with van der Waals surface area (Å²) in [5, 5.41) is 0. The summed E-state index contributed by atoms with van der Waals surface area (Å²) in [4.78, 5) is 4.04. The van der Waals surface area contributed by atoms with Gasteiger partial charge in [-0.05, 0) is 34.8 Å². The van der Waals surface area contributed by atoms with Crippen LogP contribution in [0, 0.1) is 0 Å². The van der Waals surface area contributed by atoms with Gasteiger partial charge in [-0.15, -0.1) is 12.4 Å². The molecule has 0 bridgehead atoms. The lowest BCUT2D eigenvalue weighted by molar-refractivity contribution is 0.369. The number of sulfonamides is 1. The number of hydrogen-bond donors (Lipinski definition) is 2. The molecule has 0 aliphatic heterocycles. The molecule has 120 valence electrons. The SMILES string of the molecule is Cl.NC1(CNS(=O)(=O)c2cncc(Br)c2)CCCCCC1. The topological polar surface area (TPSA) is 85.1 Å². The van der Waals surface area contributed by atoms with Crippen LogP contribution in [-0.4, -0.2) is 25.5 Å². The fraction of sp³-hybridized carbons (Fsp3) is 0.615. The fourth-order valence-corrected chi connectivity index (χ4v) is 4.11. The van der Waals surface area contributed by atoms with Gasteiger partial charge in [0.05, 0.1) is 0 Å². The van der Waals surface area contributed by atoms with Gasteiger partial charge in [0.25, 0.3) is 0 Å². The zero-order chi connectivity index (χ0) is 14.6.